The van der Waals surface area contributed by atoms with Gasteiger partial charge in [-0.3, -0.25) is 4.79 Å². The van der Waals surface area contributed by atoms with Gasteiger partial charge in [-0.2, -0.15) is 0 Å². The second kappa shape index (κ2) is 7.91. The molecule has 0 radical (unpaired) electrons. The predicted molar refractivity (Wildman–Crippen MR) is 117 cm³/mol. The monoisotopic (exact) mass is 424 g/mol. The smallest absolute Gasteiger partial charge is 0.231 e. The van der Waals surface area contributed by atoms with Gasteiger partial charge in [0.2, 0.25) is 18.0 Å². The van der Waals surface area contributed by atoms with Gasteiger partial charge in [-0.05, 0) is 40.0 Å². The second-order valence-corrected chi connectivity index (χ2v) is 7.94. The summed E-state index contributed by atoms with van der Waals surface area (Å²) in [6.07, 6.45) is 6.22. The molecule has 0 saturated heterocycles. The van der Waals surface area contributed by atoms with Gasteiger partial charge >= 0.3 is 0 Å². The third-order valence-corrected chi connectivity index (χ3v) is 5.35. The molecule has 0 unspecified atom stereocenters. The minimum Gasteiger partial charge on any atom is -0.507 e. The minimum atomic E-state index is -0.616. The first-order valence-electron chi connectivity index (χ1n) is 10.0. The second-order valence-electron chi connectivity index (χ2n) is 7.94. The lowest BCUT2D eigenvalue weighted by atomic mass is 10.0. The molecule has 2 aromatic carbocycles. The molecule has 0 aliphatic carbocycles. The quantitative estimate of drug-likeness (QED) is 0.389. The summed E-state index contributed by atoms with van der Waals surface area (Å²) in [7, 11) is 0. The van der Waals surface area contributed by atoms with Crippen LogP contribution < -0.4 is 14.9 Å². The van der Waals surface area contributed by atoms with E-state index in [1.807, 2.05) is 13.0 Å². The zero-order valence-corrected chi connectivity index (χ0v) is 17.6. The standard InChI is InChI=1S/C24H24O7/c1-12(2)5-4-6-13(3)7-8-14-15(25)9-16(26)19-21(27)20-17(31-23(14)19)10-18-24(22(20)28)30-11-29-18/h5,7,9-10,25-26,28H,4,6,8,11H2,1-3H3/b13-7+. The molecule has 3 N–H and O–H groups in total. The molecule has 162 valence electrons. The number of aromatic hydroxyl groups is 3. The number of phenolic OH excluding ortho intramolecular Hbond substituents is 3. The number of ether oxygens (including phenoxy) is 2. The normalized spacial score (nSPS) is 13.2. The van der Waals surface area contributed by atoms with Crippen molar-refractivity contribution in [3.8, 4) is 28.7 Å². The molecule has 0 amide bonds. The summed E-state index contributed by atoms with van der Waals surface area (Å²) in [5, 5.41) is 31.1. The fourth-order valence-electron chi connectivity index (χ4n) is 3.71. The zero-order valence-electron chi connectivity index (χ0n) is 17.6. The lowest BCUT2D eigenvalue weighted by molar-refractivity contribution is 0.171. The first-order valence-corrected chi connectivity index (χ1v) is 10.0. The minimum absolute atomic E-state index is 0.0626. The fourth-order valence-corrected chi connectivity index (χ4v) is 3.71. The third-order valence-electron chi connectivity index (χ3n) is 5.35. The zero-order chi connectivity index (χ0) is 22.3. The van der Waals surface area contributed by atoms with Gasteiger partial charge in [0.15, 0.2) is 11.5 Å². The van der Waals surface area contributed by atoms with Gasteiger partial charge in [0.1, 0.15) is 33.4 Å². The van der Waals surface area contributed by atoms with E-state index in [9.17, 15) is 20.1 Å². The largest absolute Gasteiger partial charge is 0.507 e. The number of phenols is 3. The average Bonchev–Trinajstić information content (AvgIpc) is 3.15. The molecule has 0 spiro atoms. The summed E-state index contributed by atoms with van der Waals surface area (Å²) in [5.74, 6) is -0.676. The molecular formula is C24H24O7. The van der Waals surface area contributed by atoms with Crippen molar-refractivity contribution < 1.29 is 29.2 Å². The molecule has 3 aromatic rings. The summed E-state index contributed by atoms with van der Waals surface area (Å²) in [6, 6.07) is 2.58. The Labute approximate surface area is 178 Å². The van der Waals surface area contributed by atoms with E-state index >= 15 is 0 Å². The Morgan fingerprint density at radius 3 is 2.55 bits per heavy atom. The highest BCUT2D eigenvalue weighted by Crippen LogP contribution is 2.46. The number of rotatable bonds is 5. The predicted octanol–water partition coefficient (Wildman–Crippen LogP) is 5.03. The van der Waals surface area contributed by atoms with Gasteiger partial charge in [-0.15, -0.1) is 0 Å². The summed E-state index contributed by atoms with van der Waals surface area (Å²) in [6.45, 7) is 6.02. The van der Waals surface area contributed by atoms with Crippen LogP contribution in [0.25, 0.3) is 21.9 Å². The molecule has 7 heteroatoms. The molecule has 0 fully saturated rings. The third kappa shape index (κ3) is 3.67. The maximum atomic E-state index is 13.2. The average molecular weight is 424 g/mol. The summed E-state index contributed by atoms with van der Waals surface area (Å²) < 4.78 is 16.4. The van der Waals surface area contributed by atoms with E-state index < -0.39 is 16.9 Å². The number of fused-ring (bicyclic) bond motifs is 3. The molecule has 7 nitrogen and oxygen atoms in total. The lowest BCUT2D eigenvalue weighted by Gasteiger charge is -2.11. The van der Waals surface area contributed by atoms with E-state index in [0.29, 0.717) is 12.0 Å². The number of hydrogen-bond acceptors (Lipinski definition) is 7. The van der Waals surface area contributed by atoms with Crippen LogP contribution in [0.15, 0.2) is 44.6 Å². The Balaban J connectivity index is 1.86. The first kappa shape index (κ1) is 20.7. The van der Waals surface area contributed by atoms with Crippen LogP contribution in [0.4, 0.5) is 0 Å². The first-order chi connectivity index (χ1) is 14.8. The van der Waals surface area contributed by atoms with Gasteiger partial charge < -0.3 is 29.2 Å². The number of benzene rings is 2. The highest BCUT2D eigenvalue weighted by Gasteiger charge is 2.26. The van der Waals surface area contributed by atoms with E-state index in [2.05, 4.69) is 19.9 Å². The maximum Gasteiger partial charge on any atom is 0.231 e. The van der Waals surface area contributed by atoms with Crippen molar-refractivity contribution in [1.29, 1.82) is 0 Å². The van der Waals surface area contributed by atoms with Crippen molar-refractivity contribution >= 4 is 21.9 Å². The van der Waals surface area contributed by atoms with Crippen LogP contribution in [-0.4, -0.2) is 22.1 Å². The molecule has 2 heterocycles. The van der Waals surface area contributed by atoms with Crippen molar-refractivity contribution in [2.24, 2.45) is 0 Å². The number of hydrogen-bond donors (Lipinski definition) is 3. The van der Waals surface area contributed by atoms with E-state index in [-0.39, 0.29) is 46.0 Å². The van der Waals surface area contributed by atoms with Crippen LogP contribution >= 0.6 is 0 Å². The number of allylic oxidation sites excluding steroid dienone is 4. The topological polar surface area (TPSA) is 109 Å². The van der Waals surface area contributed by atoms with Crippen LogP contribution in [0, 0.1) is 0 Å². The molecular weight excluding hydrogens is 400 g/mol. The van der Waals surface area contributed by atoms with Crippen LogP contribution in [-0.2, 0) is 6.42 Å². The van der Waals surface area contributed by atoms with Crippen molar-refractivity contribution in [2.75, 3.05) is 6.79 Å². The van der Waals surface area contributed by atoms with Crippen LogP contribution in [0.1, 0.15) is 39.2 Å². The van der Waals surface area contributed by atoms with E-state index in [4.69, 9.17) is 13.9 Å². The van der Waals surface area contributed by atoms with Crippen LogP contribution in [0.3, 0.4) is 0 Å². The van der Waals surface area contributed by atoms with Gasteiger partial charge in [0.05, 0.1) is 0 Å². The van der Waals surface area contributed by atoms with E-state index in [1.54, 1.807) is 0 Å². The summed E-state index contributed by atoms with van der Waals surface area (Å²) in [5.41, 5.74) is 2.30. The Kier molecular flexibility index (Phi) is 5.27. The molecule has 1 aromatic heterocycles. The molecule has 0 bridgehead atoms. The summed E-state index contributed by atoms with van der Waals surface area (Å²) in [4.78, 5) is 13.2. The lowest BCUT2D eigenvalue weighted by Crippen LogP contribution is -2.05. The highest BCUT2D eigenvalue weighted by molar-refractivity contribution is 5.99. The van der Waals surface area contributed by atoms with Gasteiger partial charge in [0, 0.05) is 17.7 Å². The Hall–Kier alpha value is -3.61. The van der Waals surface area contributed by atoms with Crippen LogP contribution in [0.2, 0.25) is 0 Å². The maximum absolute atomic E-state index is 13.2. The van der Waals surface area contributed by atoms with E-state index in [1.165, 1.54) is 11.6 Å². The Morgan fingerprint density at radius 1 is 1.03 bits per heavy atom. The van der Waals surface area contributed by atoms with Crippen molar-refractivity contribution in [3.63, 3.8) is 0 Å². The molecule has 4 rings (SSSR count). The van der Waals surface area contributed by atoms with Gasteiger partial charge in [-0.25, -0.2) is 0 Å². The SMILES string of the molecule is CC(C)=CCC/C(C)=C/Cc1c(O)cc(O)c2c(=O)c3c(O)c4c(cc3oc12)OCO4. The van der Waals surface area contributed by atoms with Gasteiger partial charge in [0.25, 0.3) is 0 Å². The molecule has 1 aliphatic heterocycles. The van der Waals surface area contributed by atoms with Crippen molar-refractivity contribution in [3.05, 3.63) is 51.2 Å². The van der Waals surface area contributed by atoms with Crippen molar-refractivity contribution in [2.45, 2.75) is 40.0 Å². The molecule has 0 atom stereocenters. The van der Waals surface area contributed by atoms with Gasteiger partial charge in [-0.1, -0.05) is 23.3 Å². The fraction of sp³-hybridized carbons (Fsp3) is 0.292. The summed E-state index contributed by atoms with van der Waals surface area (Å²) >= 11 is 0. The van der Waals surface area contributed by atoms with Crippen LogP contribution in [0.5, 0.6) is 28.7 Å². The molecule has 31 heavy (non-hydrogen) atoms. The Bertz CT molecular complexity index is 1310. The molecule has 1 aliphatic rings. The highest BCUT2D eigenvalue weighted by atomic mass is 16.7. The van der Waals surface area contributed by atoms with E-state index in [0.717, 1.165) is 24.5 Å². The Morgan fingerprint density at radius 2 is 1.81 bits per heavy atom. The molecule has 0 saturated carbocycles. The van der Waals surface area contributed by atoms with Crippen molar-refractivity contribution in [1.82, 2.24) is 0 Å².